The first-order valence-corrected chi connectivity index (χ1v) is 36.2. The predicted octanol–water partition coefficient (Wildman–Crippen LogP) is 10.7. The molecule has 25 heteroatoms. The van der Waals surface area contributed by atoms with Crippen LogP contribution >= 0.6 is 30.3 Å². The van der Waals surface area contributed by atoms with Crippen LogP contribution in [0.15, 0.2) is 103 Å². The van der Waals surface area contributed by atoms with E-state index in [1.54, 1.807) is 49.8 Å². The van der Waals surface area contributed by atoms with E-state index in [0.29, 0.717) is 48.5 Å². The summed E-state index contributed by atoms with van der Waals surface area (Å²) in [7, 11) is -5.87. The van der Waals surface area contributed by atoms with E-state index >= 15 is 4.79 Å². The van der Waals surface area contributed by atoms with Crippen LogP contribution in [-0.4, -0.2) is 139 Å². The molecule has 7 N–H and O–H groups in total. The standard InChI is InChI=1S/C71H89F2N8O12PS2/c1-43(45-23-25-47(26-24-45)61-44(2)75-42-95-61)76-64(85)55-37-53(82)40-81(55)67(88)62(69(3,4)5)77-59(83)22-16-11-9-10-12-17-31-74-60(84)41-93-54-29-27-48-35-56(66(87)79-32-18-21-49(38-79)46-19-14-13-15-20-46)80(39-51(48)34-54)68(89)63(70(6,7)8)78-65(86)58-36-50-33-52(28-30-57(50)96-58)71(72,73)94(90,91)92/h13-15,19-20,23-30,33-34,36,42-43,49,53,55-56,62-63,82H,9-12,16-18,21-22,31-32,35,37-41H2,1-8H3,(H,74,84)(H,76,85)(H,77,83)(H,78,86)(H2,90,91,92)/t43-,49?,53+,55-,56?,62?,63?/m0/s1. The molecule has 4 unspecified atom stereocenters. The van der Waals surface area contributed by atoms with Crippen molar-refractivity contribution < 1.29 is 66.5 Å². The molecular formula is C71H89F2N8O12PS2. The molecule has 516 valence electrons. The van der Waals surface area contributed by atoms with Gasteiger partial charge in [0.2, 0.25) is 29.5 Å². The van der Waals surface area contributed by atoms with Crippen molar-refractivity contribution in [1.82, 2.24) is 41.0 Å². The van der Waals surface area contributed by atoms with Crippen LogP contribution in [0.5, 0.6) is 5.75 Å². The normalized spacial score (nSPS) is 18.7. The summed E-state index contributed by atoms with van der Waals surface area (Å²) in [5.41, 5.74) is 0.288. The van der Waals surface area contributed by atoms with Crippen molar-refractivity contribution in [3.63, 3.8) is 0 Å². The van der Waals surface area contributed by atoms with E-state index in [1.807, 2.05) is 100 Å². The van der Waals surface area contributed by atoms with Gasteiger partial charge in [0.05, 0.1) is 33.1 Å². The summed E-state index contributed by atoms with van der Waals surface area (Å²) < 4.78 is 47.5. The van der Waals surface area contributed by atoms with E-state index in [0.717, 1.165) is 94.8 Å². The topological polar surface area (TPSA) is 277 Å². The minimum Gasteiger partial charge on any atom is -0.484 e. The second-order valence-corrected chi connectivity index (χ2v) is 31.4. The molecular weight excluding hydrogens is 1290 g/mol. The third kappa shape index (κ3) is 17.8. The molecule has 20 nitrogen and oxygen atoms in total. The van der Waals surface area contributed by atoms with Crippen LogP contribution in [0, 0.1) is 17.8 Å². The van der Waals surface area contributed by atoms with Gasteiger partial charge in [-0.2, -0.15) is 8.78 Å². The summed E-state index contributed by atoms with van der Waals surface area (Å²) in [5, 5.41) is 22.7. The van der Waals surface area contributed by atoms with Gasteiger partial charge < -0.3 is 55.6 Å². The Kier molecular flexibility index (Phi) is 23.5. The van der Waals surface area contributed by atoms with Crippen LogP contribution in [0.25, 0.3) is 20.5 Å². The van der Waals surface area contributed by atoms with Crippen LogP contribution in [0.1, 0.15) is 168 Å². The molecule has 3 aliphatic rings. The Morgan fingerprint density at radius 2 is 1.44 bits per heavy atom. The average molecular weight is 1380 g/mol. The lowest BCUT2D eigenvalue weighted by Crippen LogP contribution is -2.61. The molecule has 5 heterocycles. The number of hydrogen-bond donors (Lipinski definition) is 7. The number of thiophene rings is 1. The highest BCUT2D eigenvalue weighted by Crippen LogP contribution is 2.59. The van der Waals surface area contributed by atoms with Gasteiger partial charge in [-0.3, -0.25) is 38.1 Å². The molecule has 2 fully saturated rings. The number of nitrogens with zero attached hydrogens (tertiary/aromatic N) is 4. The lowest BCUT2D eigenvalue weighted by atomic mass is 9.83. The number of ether oxygens (including phenoxy) is 1. The monoisotopic (exact) mass is 1380 g/mol. The highest BCUT2D eigenvalue weighted by atomic mass is 32.1. The zero-order chi connectivity index (χ0) is 69.4. The number of β-amino-alcohol motifs (C(OH)–C–C–N with tert-alkyl or cyclic N) is 1. The number of aromatic nitrogens is 1. The van der Waals surface area contributed by atoms with Crippen molar-refractivity contribution in [2.75, 3.05) is 32.8 Å². The smallest absolute Gasteiger partial charge is 0.399 e. The molecule has 0 spiro atoms. The molecule has 9 rings (SSSR count). The summed E-state index contributed by atoms with van der Waals surface area (Å²) in [6.45, 7) is 15.8. The zero-order valence-corrected chi connectivity index (χ0v) is 58.2. The molecule has 2 aromatic heterocycles. The first-order chi connectivity index (χ1) is 45.4. The number of aliphatic hydroxyl groups is 1. The predicted molar refractivity (Wildman–Crippen MR) is 365 cm³/mol. The summed E-state index contributed by atoms with van der Waals surface area (Å²) in [5.74, 6) is -2.39. The molecule has 6 aromatic rings. The fourth-order valence-electron chi connectivity index (χ4n) is 12.8. The van der Waals surface area contributed by atoms with Gasteiger partial charge in [0.15, 0.2) is 6.61 Å². The quantitative estimate of drug-likeness (QED) is 0.0208. The van der Waals surface area contributed by atoms with Gasteiger partial charge in [-0.15, -0.1) is 22.7 Å². The van der Waals surface area contributed by atoms with Crippen molar-refractivity contribution in [3.05, 3.63) is 141 Å². The number of halogens is 2. The van der Waals surface area contributed by atoms with Crippen LogP contribution in [0.4, 0.5) is 8.78 Å². The van der Waals surface area contributed by atoms with E-state index in [4.69, 9.17) is 4.74 Å². The van der Waals surface area contributed by atoms with Crippen molar-refractivity contribution in [2.24, 2.45) is 10.8 Å². The highest BCUT2D eigenvalue weighted by molar-refractivity contribution is 7.52. The third-order valence-corrected chi connectivity index (χ3v) is 21.4. The number of aliphatic hydroxyl groups excluding tert-OH is 1. The number of thiazole rings is 1. The molecule has 0 aliphatic carbocycles. The number of piperidine rings is 1. The Bertz CT molecular complexity index is 3830. The van der Waals surface area contributed by atoms with E-state index in [2.05, 4.69) is 26.3 Å². The van der Waals surface area contributed by atoms with Crippen molar-refractivity contribution in [1.29, 1.82) is 0 Å². The van der Waals surface area contributed by atoms with Crippen LogP contribution in [0.2, 0.25) is 0 Å². The van der Waals surface area contributed by atoms with E-state index in [1.165, 1.54) is 21.9 Å². The molecule has 96 heavy (non-hydrogen) atoms. The fraction of sp³-hybridized carbons (Fsp3) is 0.493. The van der Waals surface area contributed by atoms with Gasteiger partial charge in [-0.1, -0.05) is 134 Å². The summed E-state index contributed by atoms with van der Waals surface area (Å²) >= 11 is 2.52. The van der Waals surface area contributed by atoms with Gasteiger partial charge in [0.1, 0.15) is 29.9 Å². The Morgan fingerprint density at radius 3 is 2.11 bits per heavy atom. The van der Waals surface area contributed by atoms with E-state index in [9.17, 15) is 57.0 Å². The van der Waals surface area contributed by atoms with E-state index < -0.39 is 77.6 Å². The molecule has 0 bridgehead atoms. The van der Waals surface area contributed by atoms with Gasteiger partial charge in [0, 0.05) is 68.2 Å². The minimum absolute atomic E-state index is 0.0262. The molecule has 7 atom stereocenters. The number of likely N-dealkylation sites (tertiary alicyclic amines) is 2. The Morgan fingerprint density at radius 1 is 0.760 bits per heavy atom. The van der Waals surface area contributed by atoms with Crippen molar-refractivity contribution in [3.8, 4) is 16.2 Å². The third-order valence-electron chi connectivity index (χ3n) is 18.3. The lowest BCUT2D eigenvalue weighted by molar-refractivity contribution is -0.150. The number of rotatable bonds is 25. The number of unbranched alkanes of at least 4 members (excludes halogenated alkanes) is 5. The molecule has 3 aliphatic heterocycles. The fourth-order valence-corrected chi connectivity index (χ4v) is 15.0. The Balaban J connectivity index is 0.742. The van der Waals surface area contributed by atoms with Crippen LogP contribution in [-0.2, 0) is 52.0 Å². The average Bonchev–Trinajstić information content (AvgIpc) is 0.836. The second kappa shape index (κ2) is 30.9. The maximum absolute atomic E-state index is 15.2. The molecule has 7 amide bonds. The summed E-state index contributed by atoms with van der Waals surface area (Å²) in [6.07, 6.45) is 5.84. The maximum Gasteiger partial charge on any atom is 0.399 e. The Hall–Kier alpha value is -7.47. The number of alkyl halides is 2. The lowest BCUT2D eigenvalue weighted by Gasteiger charge is -2.43. The zero-order valence-electron chi connectivity index (χ0n) is 55.7. The summed E-state index contributed by atoms with van der Waals surface area (Å²) in [6, 6.07) is 23.2. The second-order valence-electron chi connectivity index (χ2n) is 27.8. The number of aryl methyl sites for hydroxylation is 1. The van der Waals surface area contributed by atoms with Crippen molar-refractivity contribution >= 4 is 81.7 Å². The molecule has 4 aromatic carbocycles. The molecule has 0 saturated carbocycles. The highest BCUT2D eigenvalue weighted by Gasteiger charge is 2.51. The number of amides is 7. The van der Waals surface area contributed by atoms with Crippen molar-refractivity contribution in [2.45, 2.75) is 180 Å². The number of hydrogen-bond acceptors (Lipinski definition) is 13. The van der Waals surface area contributed by atoms with Crippen LogP contribution < -0.4 is 26.0 Å². The van der Waals surface area contributed by atoms with Gasteiger partial charge in [-0.05, 0) is 114 Å². The summed E-state index contributed by atoms with van der Waals surface area (Å²) in [4.78, 5) is 128. The molecule has 0 radical (unpaired) electrons. The minimum atomic E-state index is -5.87. The SMILES string of the molecule is Cc1ncsc1-c1ccc([C@H](C)NC(=O)[C@@H]2C[C@@H](O)CN2C(=O)C(NC(=O)CCCCCCCCNC(=O)COc2ccc3c(c2)CN(C(=O)C(NC(=O)c2cc4cc(C(F)(F)P(=O)(O)O)ccc4s2)C(C)(C)C)C(C(=O)N2CCCC(c4ccccc4)C2)C3)C(C)(C)C)cc1. The van der Waals surface area contributed by atoms with Gasteiger partial charge >= 0.3 is 13.3 Å². The van der Waals surface area contributed by atoms with Crippen LogP contribution in [0.3, 0.4) is 0 Å². The van der Waals surface area contributed by atoms with Gasteiger partial charge in [-0.25, -0.2) is 4.98 Å². The Labute approximate surface area is 567 Å². The number of fused-ring (bicyclic) bond motifs is 2. The first kappa shape index (κ1) is 72.8. The number of nitrogens with one attached hydrogen (secondary N) is 4. The number of carbonyl (C=O) groups excluding carboxylic acids is 7. The van der Waals surface area contributed by atoms with Gasteiger partial charge in [0.25, 0.3) is 11.8 Å². The number of carbonyl (C=O) groups is 7. The van der Waals surface area contributed by atoms with E-state index in [-0.39, 0.29) is 84.8 Å². The maximum atomic E-state index is 15.2. The molecule has 2 saturated heterocycles. The largest absolute Gasteiger partial charge is 0.484 e. The number of benzene rings is 4. The first-order valence-electron chi connectivity index (χ1n) is 32.9.